The molecule has 0 amide bonds. The maximum atomic E-state index is 12.2. The third-order valence-corrected chi connectivity index (χ3v) is 5.31. The highest BCUT2D eigenvalue weighted by atomic mass is 16.7. The van der Waals surface area contributed by atoms with E-state index in [0.717, 1.165) is 6.08 Å². The molecule has 1 aliphatic heterocycles. The van der Waals surface area contributed by atoms with Gasteiger partial charge in [0.1, 0.15) is 42.7 Å². The molecule has 1 aromatic carbocycles. The Morgan fingerprint density at radius 3 is 2.36 bits per heavy atom. The molecule has 1 fully saturated rings. The molecule has 8 N–H and O–H groups in total. The molecule has 0 unspecified atom stereocenters. The summed E-state index contributed by atoms with van der Waals surface area (Å²) in [4.78, 5) is 12.2. The van der Waals surface area contributed by atoms with Crippen LogP contribution in [0.25, 0.3) is 6.08 Å². The van der Waals surface area contributed by atoms with Crippen molar-refractivity contribution in [2.45, 2.75) is 55.1 Å². The Hall–Kier alpha value is -2.55. The van der Waals surface area contributed by atoms with Gasteiger partial charge in [-0.2, -0.15) is 0 Å². The second-order valence-corrected chi connectivity index (χ2v) is 7.65. The molecular formula is C21H26O12. The average Bonchev–Trinajstić information content (AvgIpc) is 2.79. The van der Waals surface area contributed by atoms with Crippen LogP contribution in [-0.2, 0) is 19.0 Å². The molecule has 0 spiro atoms. The Kier molecular flexibility index (Phi) is 8.05. The van der Waals surface area contributed by atoms with Crippen molar-refractivity contribution in [2.24, 2.45) is 0 Å². The van der Waals surface area contributed by atoms with Crippen molar-refractivity contribution in [1.82, 2.24) is 0 Å². The predicted molar refractivity (Wildman–Crippen MR) is 108 cm³/mol. The molecule has 33 heavy (non-hydrogen) atoms. The topological polar surface area (TPSA) is 207 Å². The number of phenols is 2. The lowest BCUT2D eigenvalue weighted by Crippen LogP contribution is -2.61. The Bertz CT molecular complexity index is 884. The van der Waals surface area contributed by atoms with Gasteiger partial charge in [0.25, 0.3) is 0 Å². The van der Waals surface area contributed by atoms with Gasteiger partial charge < -0.3 is 55.1 Å². The molecule has 3 rings (SSSR count). The van der Waals surface area contributed by atoms with E-state index in [2.05, 4.69) is 0 Å². The van der Waals surface area contributed by atoms with E-state index in [0.29, 0.717) is 5.56 Å². The lowest BCUT2D eigenvalue weighted by atomic mass is 9.95. The van der Waals surface area contributed by atoms with E-state index in [1.54, 1.807) is 0 Å². The third kappa shape index (κ3) is 5.69. The summed E-state index contributed by atoms with van der Waals surface area (Å²) >= 11 is 0. The van der Waals surface area contributed by atoms with Gasteiger partial charge in [-0.05, 0) is 23.8 Å². The van der Waals surface area contributed by atoms with Crippen molar-refractivity contribution >= 4 is 12.0 Å². The number of benzene rings is 1. The van der Waals surface area contributed by atoms with Crippen LogP contribution < -0.4 is 0 Å². The number of esters is 1. The SMILES string of the molecule is O=C(/C=C/c1ccc(O)c(O)c1)O[C@H]1[C@@H](O)[C@@H](O[C@H]2O[C@@H](CO)[C@@H](O)[C@@H](O)[C@H]2O)C=C[C@@H]1O. The van der Waals surface area contributed by atoms with Gasteiger partial charge in [-0.15, -0.1) is 0 Å². The van der Waals surface area contributed by atoms with Gasteiger partial charge in [0, 0.05) is 6.08 Å². The third-order valence-electron chi connectivity index (χ3n) is 5.31. The molecule has 182 valence electrons. The van der Waals surface area contributed by atoms with Gasteiger partial charge in [0.15, 0.2) is 23.9 Å². The lowest BCUT2D eigenvalue weighted by Gasteiger charge is -2.42. The van der Waals surface area contributed by atoms with Gasteiger partial charge in [0.2, 0.25) is 0 Å². The van der Waals surface area contributed by atoms with Crippen molar-refractivity contribution in [3.63, 3.8) is 0 Å². The highest BCUT2D eigenvalue weighted by Gasteiger charge is 2.47. The fraction of sp³-hybridized carbons (Fsp3) is 0.476. The molecule has 12 heteroatoms. The molecule has 0 bridgehead atoms. The van der Waals surface area contributed by atoms with E-state index in [4.69, 9.17) is 14.2 Å². The largest absolute Gasteiger partial charge is 0.504 e. The smallest absolute Gasteiger partial charge is 0.331 e. The van der Waals surface area contributed by atoms with Crippen LogP contribution in [0.1, 0.15) is 5.56 Å². The molecular weight excluding hydrogens is 444 g/mol. The van der Waals surface area contributed by atoms with Gasteiger partial charge in [0.05, 0.1) is 6.61 Å². The minimum atomic E-state index is -1.71. The number of ether oxygens (including phenoxy) is 3. The highest BCUT2D eigenvalue weighted by molar-refractivity contribution is 5.87. The van der Waals surface area contributed by atoms with Crippen LogP contribution in [0.4, 0.5) is 0 Å². The summed E-state index contributed by atoms with van der Waals surface area (Å²) in [6.07, 6.45) is -8.74. The van der Waals surface area contributed by atoms with Crippen molar-refractivity contribution in [3.05, 3.63) is 42.0 Å². The van der Waals surface area contributed by atoms with E-state index >= 15 is 0 Å². The lowest BCUT2D eigenvalue weighted by molar-refractivity contribution is -0.315. The Morgan fingerprint density at radius 2 is 1.70 bits per heavy atom. The second kappa shape index (κ2) is 10.6. The first-order chi connectivity index (χ1) is 15.6. The summed E-state index contributed by atoms with van der Waals surface area (Å²) in [6.45, 7) is -0.669. The predicted octanol–water partition coefficient (Wildman–Crippen LogP) is -2.50. The molecule has 1 aliphatic carbocycles. The van der Waals surface area contributed by atoms with E-state index < -0.39 is 67.7 Å². The molecule has 1 heterocycles. The van der Waals surface area contributed by atoms with Crippen molar-refractivity contribution in [3.8, 4) is 11.5 Å². The zero-order valence-electron chi connectivity index (χ0n) is 17.2. The number of aromatic hydroxyl groups is 2. The second-order valence-electron chi connectivity index (χ2n) is 7.65. The molecule has 0 aromatic heterocycles. The van der Waals surface area contributed by atoms with Crippen LogP contribution in [0.3, 0.4) is 0 Å². The fourth-order valence-electron chi connectivity index (χ4n) is 3.42. The molecule has 0 saturated carbocycles. The number of hydrogen-bond donors (Lipinski definition) is 8. The van der Waals surface area contributed by atoms with Gasteiger partial charge in [-0.1, -0.05) is 18.2 Å². The molecule has 0 radical (unpaired) electrons. The quantitative estimate of drug-likeness (QED) is 0.0940. The number of phenolic OH excluding ortho intramolecular Hbond substituents is 2. The maximum Gasteiger partial charge on any atom is 0.331 e. The first-order valence-electron chi connectivity index (χ1n) is 10.0. The Balaban J connectivity index is 1.64. The van der Waals surface area contributed by atoms with Crippen LogP contribution in [0.15, 0.2) is 36.4 Å². The number of aliphatic hydroxyl groups is 6. The van der Waals surface area contributed by atoms with Crippen LogP contribution in [0.5, 0.6) is 11.5 Å². The Labute approximate surface area is 187 Å². The summed E-state index contributed by atoms with van der Waals surface area (Å²) in [7, 11) is 0. The van der Waals surface area contributed by atoms with Crippen molar-refractivity contribution < 1.29 is 59.9 Å². The fourth-order valence-corrected chi connectivity index (χ4v) is 3.42. The van der Waals surface area contributed by atoms with Crippen LogP contribution in [0.2, 0.25) is 0 Å². The normalized spacial score (nSPS) is 36.7. The van der Waals surface area contributed by atoms with Gasteiger partial charge in [-0.3, -0.25) is 0 Å². The zero-order chi connectivity index (χ0) is 24.3. The van der Waals surface area contributed by atoms with Gasteiger partial charge in [-0.25, -0.2) is 4.79 Å². The summed E-state index contributed by atoms with van der Waals surface area (Å²) in [5, 5.41) is 78.5. The minimum Gasteiger partial charge on any atom is -0.504 e. The number of aliphatic hydroxyl groups excluding tert-OH is 6. The van der Waals surface area contributed by atoms with Crippen LogP contribution >= 0.6 is 0 Å². The van der Waals surface area contributed by atoms with Crippen molar-refractivity contribution in [2.75, 3.05) is 6.61 Å². The molecule has 9 atom stereocenters. The van der Waals surface area contributed by atoms with E-state index in [-0.39, 0.29) is 11.5 Å². The van der Waals surface area contributed by atoms with Crippen molar-refractivity contribution in [1.29, 1.82) is 0 Å². The monoisotopic (exact) mass is 470 g/mol. The summed E-state index contributed by atoms with van der Waals surface area (Å²) in [5.74, 6) is -1.66. The van der Waals surface area contributed by atoms with E-state index in [9.17, 15) is 45.6 Å². The standard InChI is InChI=1S/C21H26O12/c22-8-14-16(27)18(29)19(30)21(32-14)31-13-5-4-11(24)20(17(13)28)33-15(26)6-2-9-1-3-10(23)12(25)7-9/h1-7,11,13-14,16-25,27-30H,8H2/b6-2+/t11-,13-,14-,16+,17-,18+,19+,20+,21-/m0/s1. The first kappa shape index (κ1) is 25.1. The molecule has 12 nitrogen and oxygen atoms in total. The number of rotatable bonds is 6. The maximum absolute atomic E-state index is 12.2. The summed E-state index contributed by atoms with van der Waals surface area (Å²) in [5.41, 5.74) is 0.371. The summed E-state index contributed by atoms with van der Waals surface area (Å²) in [6, 6.07) is 3.85. The Morgan fingerprint density at radius 1 is 0.970 bits per heavy atom. The first-order valence-corrected chi connectivity index (χ1v) is 10.0. The highest BCUT2D eigenvalue weighted by Crippen LogP contribution is 2.28. The van der Waals surface area contributed by atoms with Crippen LogP contribution in [0, 0.1) is 0 Å². The van der Waals surface area contributed by atoms with Crippen LogP contribution in [-0.4, -0.2) is 109 Å². The van der Waals surface area contributed by atoms with E-state index in [1.807, 2.05) is 0 Å². The molecule has 2 aliphatic rings. The minimum absolute atomic E-state index is 0.333. The van der Waals surface area contributed by atoms with Gasteiger partial charge >= 0.3 is 5.97 Å². The molecule has 1 saturated heterocycles. The van der Waals surface area contributed by atoms with E-state index in [1.165, 1.54) is 36.4 Å². The number of carbonyl (C=O) groups excluding carboxylic acids is 1. The zero-order valence-corrected chi connectivity index (χ0v) is 17.2. The number of carbonyl (C=O) groups is 1. The summed E-state index contributed by atoms with van der Waals surface area (Å²) < 4.78 is 15.8. The molecule has 1 aromatic rings. The number of hydrogen-bond acceptors (Lipinski definition) is 12. The average molecular weight is 470 g/mol.